The maximum Gasteiger partial charge on any atom is 0.289 e. The van der Waals surface area contributed by atoms with Gasteiger partial charge in [-0.15, -0.1) is 10.2 Å². The topological polar surface area (TPSA) is 79.8 Å². The average molecular weight is 445 g/mol. The van der Waals surface area contributed by atoms with E-state index in [2.05, 4.69) is 39.5 Å². The van der Waals surface area contributed by atoms with Gasteiger partial charge in [0.1, 0.15) is 5.82 Å². The molecule has 2 fully saturated rings. The monoisotopic (exact) mass is 444 g/mol. The Hall–Kier alpha value is -3.42. The number of amides is 1. The normalized spacial score (nSPS) is 17.8. The standard InChI is InChI=1S/C25H28N6O2/c1-17-9-10-20-19(16-17)23-28-27-22(18-6-3-2-4-7-18)31(23)25(26-20)30-13-11-29(12-14-30)24(32)21-8-5-15-33-21/h5,8-10,15-16,18H,2-4,6-7,11-14H2,1H3. The Morgan fingerprint density at radius 1 is 1.03 bits per heavy atom. The molecule has 0 bridgehead atoms. The second-order valence-electron chi connectivity index (χ2n) is 9.24. The highest BCUT2D eigenvalue weighted by molar-refractivity contribution is 5.93. The third kappa shape index (κ3) is 3.53. The molecule has 1 aliphatic heterocycles. The molecule has 33 heavy (non-hydrogen) atoms. The van der Waals surface area contributed by atoms with Crippen LogP contribution in [0.5, 0.6) is 0 Å². The number of hydrogen-bond acceptors (Lipinski definition) is 6. The van der Waals surface area contributed by atoms with Gasteiger partial charge in [-0.25, -0.2) is 9.38 Å². The third-order valence-electron chi connectivity index (χ3n) is 7.05. The summed E-state index contributed by atoms with van der Waals surface area (Å²) >= 11 is 0. The van der Waals surface area contributed by atoms with Gasteiger partial charge in [-0.05, 0) is 44.0 Å². The lowest BCUT2D eigenvalue weighted by Gasteiger charge is -2.35. The van der Waals surface area contributed by atoms with E-state index in [9.17, 15) is 4.79 Å². The van der Waals surface area contributed by atoms with E-state index >= 15 is 0 Å². The molecule has 0 N–H and O–H groups in total. The number of furan rings is 1. The smallest absolute Gasteiger partial charge is 0.289 e. The first kappa shape index (κ1) is 20.2. The fourth-order valence-electron chi connectivity index (χ4n) is 5.26. The Labute approximate surface area is 192 Å². The minimum absolute atomic E-state index is 0.0565. The van der Waals surface area contributed by atoms with Crippen molar-refractivity contribution in [1.29, 1.82) is 0 Å². The molecular weight excluding hydrogens is 416 g/mol. The van der Waals surface area contributed by atoms with E-state index in [1.165, 1.54) is 24.8 Å². The minimum atomic E-state index is -0.0565. The van der Waals surface area contributed by atoms with Crippen molar-refractivity contribution in [3.8, 4) is 0 Å². The zero-order valence-corrected chi connectivity index (χ0v) is 18.9. The van der Waals surface area contributed by atoms with Crippen molar-refractivity contribution in [3.63, 3.8) is 0 Å². The lowest BCUT2D eigenvalue weighted by atomic mass is 9.89. The third-order valence-corrected chi connectivity index (χ3v) is 7.05. The Morgan fingerprint density at radius 2 is 1.85 bits per heavy atom. The Morgan fingerprint density at radius 3 is 2.61 bits per heavy atom. The van der Waals surface area contributed by atoms with E-state index in [0.29, 0.717) is 37.9 Å². The summed E-state index contributed by atoms with van der Waals surface area (Å²) in [7, 11) is 0. The fraction of sp³-hybridized carbons (Fsp3) is 0.440. The number of fused-ring (bicyclic) bond motifs is 3. The first-order valence-electron chi connectivity index (χ1n) is 11.9. The van der Waals surface area contributed by atoms with E-state index < -0.39 is 0 Å². The molecule has 1 amide bonds. The molecule has 0 radical (unpaired) electrons. The molecule has 8 nitrogen and oxygen atoms in total. The summed E-state index contributed by atoms with van der Waals surface area (Å²) in [6, 6.07) is 9.78. The van der Waals surface area contributed by atoms with Crippen molar-refractivity contribution in [2.24, 2.45) is 0 Å². The molecule has 1 aromatic carbocycles. The number of rotatable bonds is 3. The SMILES string of the molecule is Cc1ccc2nc(N3CCN(C(=O)c4ccco4)CC3)n3c(C4CCCCC4)nnc3c2c1. The zero-order valence-electron chi connectivity index (χ0n) is 18.9. The van der Waals surface area contributed by atoms with Crippen molar-refractivity contribution in [2.75, 3.05) is 31.1 Å². The molecule has 8 heteroatoms. The maximum absolute atomic E-state index is 12.7. The zero-order chi connectivity index (χ0) is 22.4. The quantitative estimate of drug-likeness (QED) is 0.471. The van der Waals surface area contributed by atoms with Gasteiger partial charge in [-0.2, -0.15) is 0 Å². The van der Waals surface area contributed by atoms with Gasteiger partial charge in [-0.3, -0.25) is 4.79 Å². The van der Waals surface area contributed by atoms with Crippen molar-refractivity contribution in [2.45, 2.75) is 44.9 Å². The molecular formula is C25H28N6O2. The second-order valence-corrected chi connectivity index (χ2v) is 9.24. The number of hydrogen-bond donors (Lipinski definition) is 0. The molecule has 6 rings (SSSR count). The Kier molecular flexibility index (Phi) is 5.00. The lowest BCUT2D eigenvalue weighted by Crippen LogP contribution is -2.49. The van der Waals surface area contributed by atoms with Crippen LogP contribution in [0.3, 0.4) is 0 Å². The molecule has 0 unspecified atom stereocenters. The molecule has 4 aromatic rings. The number of benzene rings is 1. The highest BCUT2D eigenvalue weighted by Gasteiger charge is 2.29. The van der Waals surface area contributed by atoms with Crippen LogP contribution in [0.4, 0.5) is 5.95 Å². The Balaban J connectivity index is 1.39. The summed E-state index contributed by atoms with van der Waals surface area (Å²) in [4.78, 5) is 21.9. The van der Waals surface area contributed by atoms with Crippen LogP contribution < -0.4 is 4.90 Å². The van der Waals surface area contributed by atoms with Gasteiger partial charge < -0.3 is 14.2 Å². The van der Waals surface area contributed by atoms with Gasteiger partial charge in [0, 0.05) is 37.5 Å². The summed E-state index contributed by atoms with van der Waals surface area (Å²) in [5.41, 5.74) is 3.00. The first-order valence-corrected chi connectivity index (χ1v) is 11.9. The summed E-state index contributed by atoms with van der Waals surface area (Å²) < 4.78 is 7.51. The molecule has 1 saturated heterocycles. The predicted molar refractivity (Wildman–Crippen MR) is 126 cm³/mol. The van der Waals surface area contributed by atoms with Crippen LogP contribution in [0.1, 0.15) is 60.0 Å². The number of carbonyl (C=O) groups excluding carboxylic acids is 1. The molecule has 2 aliphatic rings. The summed E-state index contributed by atoms with van der Waals surface area (Å²) in [5, 5.41) is 10.4. The van der Waals surface area contributed by atoms with Gasteiger partial charge in [0.15, 0.2) is 11.4 Å². The van der Waals surface area contributed by atoms with E-state index in [-0.39, 0.29) is 5.91 Å². The molecule has 1 saturated carbocycles. The van der Waals surface area contributed by atoms with E-state index in [1.54, 1.807) is 18.4 Å². The van der Waals surface area contributed by atoms with Gasteiger partial charge in [0.05, 0.1) is 11.8 Å². The first-order chi connectivity index (χ1) is 16.2. The predicted octanol–water partition coefficient (Wildman–Crippen LogP) is 4.19. The number of aryl methyl sites for hydroxylation is 1. The minimum Gasteiger partial charge on any atom is -0.459 e. The number of anilines is 1. The van der Waals surface area contributed by atoms with E-state index in [0.717, 1.165) is 41.2 Å². The van der Waals surface area contributed by atoms with Crippen molar-refractivity contribution in [1.82, 2.24) is 24.5 Å². The van der Waals surface area contributed by atoms with Crippen LogP contribution in [0.15, 0.2) is 41.0 Å². The fourth-order valence-corrected chi connectivity index (χ4v) is 5.26. The van der Waals surface area contributed by atoms with Crippen molar-refractivity contribution in [3.05, 3.63) is 53.7 Å². The second kappa shape index (κ2) is 8.17. The number of aromatic nitrogens is 4. The van der Waals surface area contributed by atoms with Crippen LogP contribution in [0, 0.1) is 6.92 Å². The molecule has 1 aliphatic carbocycles. The molecule has 3 aromatic heterocycles. The highest BCUT2D eigenvalue weighted by atomic mass is 16.3. The molecule has 0 spiro atoms. The van der Waals surface area contributed by atoms with E-state index in [4.69, 9.17) is 14.5 Å². The van der Waals surface area contributed by atoms with Gasteiger partial charge in [0.25, 0.3) is 5.91 Å². The van der Waals surface area contributed by atoms with Crippen molar-refractivity contribution >= 4 is 28.4 Å². The summed E-state index contributed by atoms with van der Waals surface area (Å²) in [6.45, 7) is 4.74. The van der Waals surface area contributed by atoms with E-state index in [1.807, 2.05) is 4.90 Å². The van der Waals surface area contributed by atoms with Crippen LogP contribution in [-0.2, 0) is 0 Å². The van der Waals surface area contributed by atoms with Crippen molar-refractivity contribution < 1.29 is 9.21 Å². The molecule has 4 heterocycles. The lowest BCUT2D eigenvalue weighted by molar-refractivity contribution is 0.0714. The van der Waals surface area contributed by atoms with Crippen LogP contribution >= 0.6 is 0 Å². The number of nitrogens with zero attached hydrogens (tertiary/aromatic N) is 6. The van der Waals surface area contributed by atoms with Gasteiger partial charge >= 0.3 is 0 Å². The van der Waals surface area contributed by atoms with Crippen LogP contribution in [-0.4, -0.2) is 56.6 Å². The van der Waals surface area contributed by atoms with Gasteiger partial charge in [0.2, 0.25) is 5.95 Å². The summed E-state index contributed by atoms with van der Waals surface area (Å²) in [6.07, 6.45) is 7.62. The number of carbonyl (C=O) groups is 1. The average Bonchev–Trinajstić information content (AvgIpc) is 3.55. The molecule has 170 valence electrons. The largest absolute Gasteiger partial charge is 0.459 e. The van der Waals surface area contributed by atoms with Gasteiger partial charge in [-0.1, -0.05) is 30.9 Å². The Bertz CT molecular complexity index is 1300. The number of piperazine rings is 1. The maximum atomic E-state index is 12.7. The molecule has 0 atom stereocenters. The summed E-state index contributed by atoms with van der Waals surface area (Å²) in [5.74, 6) is 2.67. The highest BCUT2D eigenvalue weighted by Crippen LogP contribution is 2.35. The van der Waals surface area contributed by atoms with Crippen LogP contribution in [0.25, 0.3) is 16.6 Å². The van der Waals surface area contributed by atoms with Crippen LogP contribution in [0.2, 0.25) is 0 Å².